The lowest BCUT2D eigenvalue weighted by molar-refractivity contribution is 0.282. The molecule has 0 radical (unpaired) electrons. The van der Waals surface area contributed by atoms with Gasteiger partial charge >= 0.3 is 0 Å². The van der Waals surface area contributed by atoms with Gasteiger partial charge < -0.3 is 10.1 Å². The zero-order valence-corrected chi connectivity index (χ0v) is 8.76. The molecule has 84 valence electrons. The van der Waals surface area contributed by atoms with E-state index in [4.69, 9.17) is 4.74 Å². The Kier molecular flexibility index (Phi) is 2.90. The van der Waals surface area contributed by atoms with Crippen LogP contribution >= 0.6 is 0 Å². The largest absolute Gasteiger partial charge is 0.499 e. The van der Waals surface area contributed by atoms with Crippen molar-refractivity contribution >= 4 is 5.70 Å². The molecule has 1 aliphatic heterocycles. The third-order valence-corrected chi connectivity index (χ3v) is 2.37. The average molecular weight is 223 g/mol. The number of ether oxygens (including phenoxy) is 1. The Morgan fingerprint density at radius 1 is 1.25 bits per heavy atom. The number of benzene rings is 1. The molecule has 4 heteroatoms. The van der Waals surface area contributed by atoms with Gasteiger partial charge in [-0.2, -0.15) is 0 Å². The maximum atomic E-state index is 13.4. The van der Waals surface area contributed by atoms with Crippen molar-refractivity contribution in [2.75, 3.05) is 13.7 Å². The monoisotopic (exact) mass is 223 g/mol. The first-order chi connectivity index (χ1) is 7.70. The highest BCUT2D eigenvalue weighted by molar-refractivity contribution is 5.67. The van der Waals surface area contributed by atoms with Gasteiger partial charge in [-0.3, -0.25) is 0 Å². The summed E-state index contributed by atoms with van der Waals surface area (Å²) < 4.78 is 31.2. The van der Waals surface area contributed by atoms with E-state index in [-0.39, 0.29) is 0 Å². The first-order valence-corrected chi connectivity index (χ1v) is 4.85. The van der Waals surface area contributed by atoms with E-state index in [2.05, 4.69) is 5.32 Å². The number of dihydropyridines is 1. The summed E-state index contributed by atoms with van der Waals surface area (Å²) in [6.45, 7) is 0.499. The molecule has 0 fully saturated rings. The summed E-state index contributed by atoms with van der Waals surface area (Å²) in [6.07, 6.45) is 3.47. The summed E-state index contributed by atoms with van der Waals surface area (Å²) >= 11 is 0. The van der Waals surface area contributed by atoms with Crippen molar-refractivity contribution in [2.24, 2.45) is 0 Å². The van der Waals surface area contributed by atoms with Gasteiger partial charge in [0, 0.05) is 17.3 Å². The van der Waals surface area contributed by atoms with Gasteiger partial charge in [-0.05, 0) is 24.3 Å². The van der Waals surface area contributed by atoms with E-state index in [9.17, 15) is 8.78 Å². The minimum absolute atomic E-state index is 0.354. The lowest BCUT2D eigenvalue weighted by atomic mass is 10.1. The Hall–Kier alpha value is -1.84. The summed E-state index contributed by atoms with van der Waals surface area (Å²) in [6, 6.07) is 3.51. The topological polar surface area (TPSA) is 21.3 Å². The molecule has 0 spiro atoms. The standard InChI is InChI=1S/C12H11F2NO/c1-16-9-3-5-12(15-7-9)10-4-2-8(13)6-11(10)14/h2-6,15H,7H2,1H3. The van der Waals surface area contributed by atoms with E-state index >= 15 is 0 Å². The Morgan fingerprint density at radius 2 is 2.06 bits per heavy atom. The Bertz CT molecular complexity index is 466. The number of hydrogen-bond donors (Lipinski definition) is 1. The average Bonchev–Trinajstić information content (AvgIpc) is 2.29. The molecular formula is C12H11F2NO. The van der Waals surface area contributed by atoms with Gasteiger partial charge in [0.2, 0.25) is 0 Å². The van der Waals surface area contributed by atoms with Crippen LogP contribution in [0.5, 0.6) is 0 Å². The number of halogens is 2. The van der Waals surface area contributed by atoms with E-state index in [1.54, 1.807) is 19.3 Å². The summed E-state index contributed by atoms with van der Waals surface area (Å²) in [7, 11) is 1.57. The second kappa shape index (κ2) is 4.35. The normalized spacial score (nSPS) is 14.9. The van der Waals surface area contributed by atoms with E-state index in [0.29, 0.717) is 17.8 Å². The second-order valence-corrected chi connectivity index (χ2v) is 3.40. The van der Waals surface area contributed by atoms with Gasteiger partial charge in [-0.15, -0.1) is 0 Å². The molecule has 1 aliphatic rings. The van der Waals surface area contributed by atoms with Crippen LogP contribution in [0, 0.1) is 11.6 Å². The quantitative estimate of drug-likeness (QED) is 0.831. The minimum Gasteiger partial charge on any atom is -0.499 e. The first-order valence-electron chi connectivity index (χ1n) is 4.85. The van der Waals surface area contributed by atoms with E-state index < -0.39 is 11.6 Å². The van der Waals surface area contributed by atoms with Crippen LogP contribution in [-0.2, 0) is 4.74 Å². The summed E-state index contributed by atoms with van der Waals surface area (Å²) in [5, 5.41) is 3.00. The fourth-order valence-electron chi connectivity index (χ4n) is 1.51. The summed E-state index contributed by atoms with van der Waals surface area (Å²) in [4.78, 5) is 0. The number of methoxy groups -OCH3 is 1. The van der Waals surface area contributed by atoms with Crippen LogP contribution in [0.25, 0.3) is 5.70 Å². The number of rotatable bonds is 2. The van der Waals surface area contributed by atoms with Gasteiger partial charge in [-0.1, -0.05) is 0 Å². The molecule has 0 amide bonds. The van der Waals surface area contributed by atoms with Gasteiger partial charge in [0.25, 0.3) is 0 Å². The fourth-order valence-corrected chi connectivity index (χ4v) is 1.51. The van der Waals surface area contributed by atoms with Gasteiger partial charge in [0.05, 0.1) is 13.7 Å². The Balaban J connectivity index is 2.32. The number of nitrogens with one attached hydrogen (secondary N) is 1. The SMILES string of the molecule is COC1=CC=C(c2ccc(F)cc2F)NC1. The molecule has 2 nitrogen and oxygen atoms in total. The second-order valence-electron chi connectivity index (χ2n) is 3.40. The van der Waals surface area contributed by atoms with Crippen LogP contribution < -0.4 is 5.32 Å². The zero-order chi connectivity index (χ0) is 11.5. The smallest absolute Gasteiger partial charge is 0.135 e. The van der Waals surface area contributed by atoms with Crippen LogP contribution in [-0.4, -0.2) is 13.7 Å². The molecular weight excluding hydrogens is 212 g/mol. The predicted molar refractivity (Wildman–Crippen MR) is 57.4 cm³/mol. The third kappa shape index (κ3) is 2.05. The molecule has 1 aromatic carbocycles. The van der Waals surface area contributed by atoms with Gasteiger partial charge in [0.15, 0.2) is 0 Å². The first kappa shape index (κ1) is 10.7. The van der Waals surface area contributed by atoms with E-state index in [0.717, 1.165) is 11.8 Å². The molecule has 16 heavy (non-hydrogen) atoms. The van der Waals surface area contributed by atoms with Crippen molar-refractivity contribution in [3.05, 3.63) is 53.3 Å². The third-order valence-electron chi connectivity index (χ3n) is 2.37. The molecule has 0 aliphatic carbocycles. The summed E-state index contributed by atoms with van der Waals surface area (Å²) in [5.74, 6) is -0.384. The lowest BCUT2D eigenvalue weighted by Gasteiger charge is -2.17. The molecule has 0 saturated carbocycles. The Labute approximate surface area is 92.2 Å². The molecule has 0 unspecified atom stereocenters. The van der Waals surface area contributed by atoms with Gasteiger partial charge in [0.1, 0.15) is 17.4 Å². The van der Waals surface area contributed by atoms with Crippen molar-refractivity contribution in [2.45, 2.75) is 0 Å². The molecule has 0 saturated heterocycles. The van der Waals surface area contributed by atoms with Crippen molar-refractivity contribution in [1.29, 1.82) is 0 Å². The molecule has 1 N–H and O–H groups in total. The van der Waals surface area contributed by atoms with Crippen molar-refractivity contribution in [1.82, 2.24) is 5.32 Å². The molecule has 0 aromatic heterocycles. The fraction of sp³-hybridized carbons (Fsp3) is 0.167. The van der Waals surface area contributed by atoms with Crippen LogP contribution in [0.4, 0.5) is 8.78 Å². The predicted octanol–water partition coefficient (Wildman–Crippen LogP) is 2.44. The zero-order valence-electron chi connectivity index (χ0n) is 8.76. The molecule has 0 bridgehead atoms. The lowest BCUT2D eigenvalue weighted by Crippen LogP contribution is -2.20. The molecule has 2 rings (SSSR count). The minimum atomic E-state index is -0.578. The van der Waals surface area contributed by atoms with Crippen molar-refractivity contribution in [3.8, 4) is 0 Å². The highest BCUT2D eigenvalue weighted by Gasteiger charge is 2.11. The number of allylic oxidation sites excluding steroid dienone is 2. The van der Waals surface area contributed by atoms with Crippen LogP contribution in [0.15, 0.2) is 36.1 Å². The highest BCUT2D eigenvalue weighted by Crippen LogP contribution is 2.19. The molecule has 1 heterocycles. The van der Waals surface area contributed by atoms with E-state index in [1.807, 2.05) is 0 Å². The van der Waals surface area contributed by atoms with Crippen LogP contribution in [0.3, 0.4) is 0 Å². The van der Waals surface area contributed by atoms with Crippen LogP contribution in [0.1, 0.15) is 5.56 Å². The Morgan fingerprint density at radius 3 is 2.62 bits per heavy atom. The van der Waals surface area contributed by atoms with Crippen molar-refractivity contribution in [3.63, 3.8) is 0 Å². The molecule has 0 atom stereocenters. The van der Waals surface area contributed by atoms with E-state index in [1.165, 1.54) is 12.1 Å². The summed E-state index contributed by atoms with van der Waals surface area (Å²) in [5.41, 5.74) is 0.978. The van der Waals surface area contributed by atoms with Crippen molar-refractivity contribution < 1.29 is 13.5 Å². The maximum Gasteiger partial charge on any atom is 0.135 e. The highest BCUT2D eigenvalue weighted by atomic mass is 19.1. The van der Waals surface area contributed by atoms with Gasteiger partial charge in [-0.25, -0.2) is 8.78 Å². The number of hydrogen-bond acceptors (Lipinski definition) is 2. The maximum absolute atomic E-state index is 13.4. The van der Waals surface area contributed by atoms with Crippen LogP contribution in [0.2, 0.25) is 0 Å². The molecule has 1 aromatic rings.